The second-order valence-corrected chi connectivity index (χ2v) is 5.67. The maximum atomic E-state index is 11.6. The van der Waals surface area contributed by atoms with Crippen LogP contribution in [0.1, 0.15) is 87.3 Å². The number of rotatable bonds is 13. The highest BCUT2D eigenvalue weighted by Crippen LogP contribution is 2.12. The summed E-state index contributed by atoms with van der Waals surface area (Å²) in [4.78, 5) is 22.3. The molecule has 0 saturated carbocycles. The Balaban J connectivity index is 1.96. The Bertz CT molecular complexity index is 422. The Labute approximate surface area is 133 Å². The predicted octanol–water partition coefficient (Wildman–Crippen LogP) is 5.06. The first-order valence-corrected chi connectivity index (χ1v) is 8.45. The summed E-state index contributed by atoms with van der Waals surface area (Å²) in [5, 5.41) is 0. The molecule has 4 heteroatoms. The van der Waals surface area contributed by atoms with Crippen molar-refractivity contribution < 1.29 is 18.7 Å². The molecule has 1 aromatic rings. The molecule has 1 aromatic heterocycles. The molecule has 0 spiro atoms. The van der Waals surface area contributed by atoms with Gasteiger partial charge >= 0.3 is 5.97 Å². The number of hydrogen-bond donors (Lipinski definition) is 0. The number of aldehydes is 1. The third kappa shape index (κ3) is 8.01. The van der Waals surface area contributed by atoms with Crippen molar-refractivity contribution in [2.45, 2.75) is 77.7 Å². The third-order valence-electron chi connectivity index (χ3n) is 3.76. The molecule has 22 heavy (non-hydrogen) atoms. The summed E-state index contributed by atoms with van der Waals surface area (Å²) >= 11 is 0. The highest BCUT2D eigenvalue weighted by molar-refractivity contribution is 5.73. The van der Waals surface area contributed by atoms with Crippen LogP contribution in [0.5, 0.6) is 0 Å². The van der Waals surface area contributed by atoms with E-state index in [1.54, 1.807) is 6.07 Å². The molecule has 0 radical (unpaired) electrons. The average molecular weight is 308 g/mol. The van der Waals surface area contributed by atoms with Crippen LogP contribution < -0.4 is 0 Å². The van der Waals surface area contributed by atoms with Gasteiger partial charge in [-0.05, 0) is 12.5 Å². The third-order valence-corrected chi connectivity index (χ3v) is 3.76. The van der Waals surface area contributed by atoms with Crippen molar-refractivity contribution in [3.05, 3.63) is 23.7 Å². The summed E-state index contributed by atoms with van der Waals surface area (Å²) in [6.45, 7) is 2.34. The SMILES string of the molecule is CCCCCCCCCCCC(=O)OCc1ccoc1C=O. The molecule has 1 rings (SSSR count). The van der Waals surface area contributed by atoms with Gasteiger partial charge in [0.1, 0.15) is 6.61 Å². The molecule has 124 valence electrons. The summed E-state index contributed by atoms with van der Waals surface area (Å²) in [5.74, 6) is 0.0249. The van der Waals surface area contributed by atoms with Gasteiger partial charge < -0.3 is 9.15 Å². The van der Waals surface area contributed by atoms with Crippen LogP contribution in [0.2, 0.25) is 0 Å². The van der Waals surface area contributed by atoms with E-state index in [1.807, 2.05) is 0 Å². The van der Waals surface area contributed by atoms with E-state index in [1.165, 1.54) is 51.2 Å². The smallest absolute Gasteiger partial charge is 0.306 e. The van der Waals surface area contributed by atoms with Crippen molar-refractivity contribution in [2.75, 3.05) is 0 Å². The first-order valence-electron chi connectivity index (χ1n) is 8.45. The zero-order valence-electron chi connectivity index (χ0n) is 13.6. The fourth-order valence-electron chi connectivity index (χ4n) is 2.38. The minimum atomic E-state index is -0.207. The number of esters is 1. The molecule has 0 aliphatic rings. The van der Waals surface area contributed by atoms with Crippen LogP contribution in [-0.4, -0.2) is 12.3 Å². The van der Waals surface area contributed by atoms with Gasteiger partial charge in [0.25, 0.3) is 0 Å². The summed E-state index contributed by atoms with van der Waals surface area (Å²) < 4.78 is 10.1. The normalized spacial score (nSPS) is 10.6. The van der Waals surface area contributed by atoms with Gasteiger partial charge in [0.2, 0.25) is 0 Å². The van der Waals surface area contributed by atoms with E-state index in [2.05, 4.69) is 6.92 Å². The van der Waals surface area contributed by atoms with Crippen LogP contribution in [0.4, 0.5) is 0 Å². The van der Waals surface area contributed by atoms with Crippen LogP contribution in [0.3, 0.4) is 0 Å². The van der Waals surface area contributed by atoms with Crippen molar-refractivity contribution in [3.8, 4) is 0 Å². The summed E-state index contributed by atoms with van der Waals surface area (Å²) in [6, 6.07) is 1.65. The molecule has 0 bridgehead atoms. The van der Waals surface area contributed by atoms with Crippen molar-refractivity contribution in [1.29, 1.82) is 0 Å². The Morgan fingerprint density at radius 2 is 1.73 bits per heavy atom. The lowest BCUT2D eigenvalue weighted by Gasteiger charge is -2.04. The van der Waals surface area contributed by atoms with E-state index < -0.39 is 0 Å². The first-order chi connectivity index (χ1) is 10.8. The molecule has 0 amide bonds. The fourth-order valence-corrected chi connectivity index (χ4v) is 2.38. The summed E-state index contributed by atoms with van der Waals surface area (Å²) in [5.41, 5.74) is 0.621. The predicted molar refractivity (Wildman–Crippen MR) is 85.7 cm³/mol. The number of furan rings is 1. The van der Waals surface area contributed by atoms with Crippen molar-refractivity contribution in [3.63, 3.8) is 0 Å². The summed E-state index contributed by atoms with van der Waals surface area (Å²) in [6.07, 6.45) is 13.5. The van der Waals surface area contributed by atoms with Crippen LogP contribution in [0.15, 0.2) is 16.7 Å². The largest absolute Gasteiger partial charge is 0.461 e. The average Bonchev–Trinajstić information content (AvgIpc) is 2.99. The maximum Gasteiger partial charge on any atom is 0.306 e. The van der Waals surface area contributed by atoms with E-state index in [4.69, 9.17) is 9.15 Å². The second kappa shape index (κ2) is 12.0. The first kappa shape index (κ1) is 18.5. The monoisotopic (exact) mass is 308 g/mol. The molecule has 0 atom stereocenters. The van der Waals surface area contributed by atoms with Gasteiger partial charge in [0.15, 0.2) is 12.0 Å². The molecule has 0 N–H and O–H groups in total. The molecule has 0 aliphatic heterocycles. The standard InChI is InChI=1S/C18H28O4/c1-2-3-4-5-6-7-8-9-10-11-18(20)22-15-16-12-13-21-17(16)14-19/h12-14H,2-11,15H2,1H3. The zero-order chi connectivity index (χ0) is 16.0. The highest BCUT2D eigenvalue weighted by atomic mass is 16.5. The molecule has 0 unspecified atom stereocenters. The van der Waals surface area contributed by atoms with Crippen LogP contribution in [0.25, 0.3) is 0 Å². The molecular weight excluding hydrogens is 280 g/mol. The van der Waals surface area contributed by atoms with Crippen LogP contribution >= 0.6 is 0 Å². The lowest BCUT2D eigenvalue weighted by atomic mass is 10.1. The van der Waals surface area contributed by atoms with E-state index in [0.29, 0.717) is 18.3 Å². The molecule has 0 aromatic carbocycles. The zero-order valence-corrected chi connectivity index (χ0v) is 13.6. The lowest BCUT2D eigenvalue weighted by molar-refractivity contribution is -0.145. The fraction of sp³-hybridized carbons (Fsp3) is 0.667. The minimum Gasteiger partial charge on any atom is -0.461 e. The van der Waals surface area contributed by atoms with Gasteiger partial charge in [-0.1, -0.05) is 58.3 Å². The van der Waals surface area contributed by atoms with Gasteiger partial charge in [-0.2, -0.15) is 0 Å². The van der Waals surface area contributed by atoms with E-state index in [0.717, 1.165) is 12.8 Å². The van der Waals surface area contributed by atoms with Gasteiger partial charge in [-0.25, -0.2) is 0 Å². The van der Waals surface area contributed by atoms with Crippen molar-refractivity contribution in [2.24, 2.45) is 0 Å². The Kier molecular flexibility index (Phi) is 10.1. The molecule has 1 heterocycles. The van der Waals surface area contributed by atoms with Gasteiger partial charge in [-0.3, -0.25) is 9.59 Å². The molecule has 0 aliphatic carbocycles. The lowest BCUT2D eigenvalue weighted by Crippen LogP contribution is -2.04. The number of carbonyl (C=O) groups is 2. The molecule has 0 saturated heterocycles. The van der Waals surface area contributed by atoms with E-state index >= 15 is 0 Å². The Hall–Kier alpha value is -1.58. The van der Waals surface area contributed by atoms with Gasteiger partial charge in [0.05, 0.1) is 6.26 Å². The number of hydrogen-bond acceptors (Lipinski definition) is 4. The van der Waals surface area contributed by atoms with Gasteiger partial charge in [-0.15, -0.1) is 0 Å². The maximum absolute atomic E-state index is 11.6. The topological polar surface area (TPSA) is 56.5 Å². The number of carbonyl (C=O) groups excluding carboxylic acids is 2. The van der Waals surface area contributed by atoms with Crippen molar-refractivity contribution >= 4 is 12.3 Å². The Morgan fingerprint density at radius 3 is 2.36 bits per heavy atom. The van der Waals surface area contributed by atoms with Crippen LogP contribution in [0, 0.1) is 0 Å². The molecular formula is C18H28O4. The van der Waals surface area contributed by atoms with Gasteiger partial charge in [0, 0.05) is 12.0 Å². The minimum absolute atomic E-state index is 0.112. The summed E-state index contributed by atoms with van der Waals surface area (Å²) in [7, 11) is 0. The number of unbranched alkanes of at least 4 members (excludes halogenated alkanes) is 8. The molecule has 0 fully saturated rings. The van der Waals surface area contributed by atoms with E-state index in [-0.39, 0.29) is 18.3 Å². The number of ether oxygens (including phenoxy) is 1. The second-order valence-electron chi connectivity index (χ2n) is 5.67. The van der Waals surface area contributed by atoms with Crippen LogP contribution in [-0.2, 0) is 16.1 Å². The molecule has 4 nitrogen and oxygen atoms in total. The quantitative estimate of drug-likeness (QED) is 0.290. The van der Waals surface area contributed by atoms with Crippen molar-refractivity contribution in [1.82, 2.24) is 0 Å². The highest BCUT2D eigenvalue weighted by Gasteiger charge is 2.08. The Morgan fingerprint density at radius 1 is 1.09 bits per heavy atom. The van der Waals surface area contributed by atoms with E-state index in [9.17, 15) is 9.59 Å².